The Morgan fingerprint density at radius 2 is 2.00 bits per heavy atom. The molecular weight excluding hydrogens is 422 g/mol. The van der Waals surface area contributed by atoms with Crippen LogP contribution < -0.4 is 14.8 Å². The van der Waals surface area contributed by atoms with E-state index in [0.29, 0.717) is 12.4 Å². The summed E-state index contributed by atoms with van der Waals surface area (Å²) in [6, 6.07) is 7.05. The zero-order valence-electron chi connectivity index (χ0n) is 15.9. The van der Waals surface area contributed by atoms with Crippen LogP contribution in [0.1, 0.15) is 19.4 Å². The second kappa shape index (κ2) is 9.21. The summed E-state index contributed by atoms with van der Waals surface area (Å²) in [7, 11) is -4.04. The summed E-state index contributed by atoms with van der Waals surface area (Å²) in [5.41, 5.74) is 0.332. The van der Waals surface area contributed by atoms with Crippen LogP contribution in [0.25, 0.3) is 0 Å². The van der Waals surface area contributed by atoms with Gasteiger partial charge >= 0.3 is 0 Å². The molecule has 0 aromatic heterocycles. The quantitative estimate of drug-likeness (QED) is 0.478. The van der Waals surface area contributed by atoms with Crippen molar-refractivity contribution in [2.75, 3.05) is 11.9 Å². The maximum absolute atomic E-state index is 12.6. The van der Waals surface area contributed by atoms with Crippen molar-refractivity contribution in [3.05, 3.63) is 57.1 Å². The average Bonchev–Trinajstić information content (AvgIpc) is 2.64. The van der Waals surface area contributed by atoms with Crippen molar-refractivity contribution >= 4 is 38.9 Å². The van der Waals surface area contributed by atoms with E-state index in [-0.39, 0.29) is 26.9 Å². The molecule has 2 rings (SSSR count). The van der Waals surface area contributed by atoms with Gasteiger partial charge < -0.3 is 10.1 Å². The number of nitrogens with zero attached hydrogens (tertiary/aromatic N) is 1. The van der Waals surface area contributed by atoms with Crippen LogP contribution in [0.2, 0.25) is 5.02 Å². The summed E-state index contributed by atoms with van der Waals surface area (Å²) in [6.07, 6.45) is 0. The number of anilines is 1. The number of carbonyl (C=O) groups is 1. The molecule has 0 bridgehead atoms. The number of ether oxygens (including phenoxy) is 1. The third kappa shape index (κ3) is 5.43. The third-order valence-corrected chi connectivity index (χ3v) is 5.83. The molecule has 0 spiro atoms. The standard InChI is InChI=1S/C18H20ClN3O6S/c1-4-28-17-9-8-13(10-14(17)19)29(26,27)21-12(3)18(23)20-15-6-5-7-16(11(15)2)22(24)25/h5-10,12,21H,4H2,1-3H3,(H,20,23)/t12-/m1/s1. The smallest absolute Gasteiger partial charge is 0.274 e. The topological polar surface area (TPSA) is 128 Å². The fourth-order valence-corrected chi connectivity index (χ4v) is 4.00. The molecule has 0 heterocycles. The zero-order chi connectivity index (χ0) is 21.8. The van der Waals surface area contributed by atoms with Gasteiger partial charge in [0.05, 0.1) is 38.7 Å². The summed E-state index contributed by atoms with van der Waals surface area (Å²) >= 11 is 6.03. The van der Waals surface area contributed by atoms with Crippen LogP contribution in [-0.2, 0) is 14.8 Å². The molecule has 0 saturated heterocycles. The van der Waals surface area contributed by atoms with E-state index in [2.05, 4.69) is 10.0 Å². The molecule has 29 heavy (non-hydrogen) atoms. The lowest BCUT2D eigenvalue weighted by atomic mass is 10.1. The van der Waals surface area contributed by atoms with Gasteiger partial charge in [0.2, 0.25) is 15.9 Å². The van der Waals surface area contributed by atoms with Crippen molar-refractivity contribution in [3.8, 4) is 5.75 Å². The minimum Gasteiger partial charge on any atom is -0.492 e. The second-order valence-electron chi connectivity index (χ2n) is 6.06. The Bertz CT molecular complexity index is 1040. The Morgan fingerprint density at radius 1 is 1.31 bits per heavy atom. The number of sulfonamides is 1. The lowest BCUT2D eigenvalue weighted by Gasteiger charge is -2.16. The number of amides is 1. The number of hydrogen-bond donors (Lipinski definition) is 2. The molecule has 2 aromatic rings. The first-order valence-corrected chi connectivity index (χ1v) is 10.4. The van der Waals surface area contributed by atoms with E-state index in [0.717, 1.165) is 0 Å². The molecule has 0 aliphatic rings. The van der Waals surface area contributed by atoms with Gasteiger partial charge in [0.25, 0.3) is 5.69 Å². The number of benzene rings is 2. The fourth-order valence-electron chi connectivity index (χ4n) is 2.47. The molecule has 9 nitrogen and oxygen atoms in total. The predicted molar refractivity (Wildman–Crippen MR) is 109 cm³/mol. The monoisotopic (exact) mass is 441 g/mol. The van der Waals surface area contributed by atoms with Crippen LogP contribution in [-0.4, -0.2) is 31.9 Å². The average molecular weight is 442 g/mol. The summed E-state index contributed by atoms with van der Waals surface area (Å²) in [5.74, 6) is -0.325. The molecule has 2 aromatic carbocycles. The molecule has 1 atom stereocenters. The van der Waals surface area contributed by atoms with Crippen LogP contribution in [0.4, 0.5) is 11.4 Å². The van der Waals surface area contributed by atoms with Crippen LogP contribution in [0.3, 0.4) is 0 Å². The van der Waals surface area contributed by atoms with Gasteiger partial charge in [-0.05, 0) is 45.0 Å². The molecule has 0 fully saturated rings. The summed E-state index contributed by atoms with van der Waals surface area (Å²) in [6.45, 7) is 4.99. The van der Waals surface area contributed by atoms with Gasteiger partial charge in [-0.15, -0.1) is 0 Å². The van der Waals surface area contributed by atoms with Gasteiger partial charge in [0.1, 0.15) is 5.75 Å². The van der Waals surface area contributed by atoms with E-state index < -0.39 is 26.9 Å². The van der Waals surface area contributed by atoms with Crippen molar-refractivity contribution in [1.29, 1.82) is 0 Å². The van der Waals surface area contributed by atoms with E-state index in [1.165, 1.54) is 50.2 Å². The van der Waals surface area contributed by atoms with Gasteiger partial charge in [-0.3, -0.25) is 14.9 Å². The Morgan fingerprint density at radius 3 is 2.59 bits per heavy atom. The summed E-state index contributed by atoms with van der Waals surface area (Å²) < 4.78 is 32.6. The van der Waals surface area contributed by atoms with Crippen LogP contribution >= 0.6 is 11.6 Å². The normalized spacial score (nSPS) is 12.3. The van der Waals surface area contributed by atoms with Gasteiger partial charge in [-0.25, -0.2) is 8.42 Å². The van der Waals surface area contributed by atoms with E-state index in [9.17, 15) is 23.3 Å². The van der Waals surface area contributed by atoms with Gasteiger partial charge in [-0.1, -0.05) is 17.7 Å². The van der Waals surface area contributed by atoms with Gasteiger partial charge in [-0.2, -0.15) is 4.72 Å². The number of halogens is 1. The number of nitro groups is 1. The van der Waals surface area contributed by atoms with Crippen molar-refractivity contribution in [2.45, 2.75) is 31.7 Å². The molecule has 2 N–H and O–H groups in total. The summed E-state index contributed by atoms with van der Waals surface area (Å²) in [4.78, 5) is 22.7. The second-order valence-corrected chi connectivity index (χ2v) is 8.19. The first-order chi connectivity index (χ1) is 13.6. The number of rotatable bonds is 8. The highest BCUT2D eigenvalue weighted by atomic mass is 35.5. The van der Waals surface area contributed by atoms with Crippen molar-refractivity contribution in [3.63, 3.8) is 0 Å². The first kappa shape index (κ1) is 22.6. The summed E-state index contributed by atoms with van der Waals surface area (Å²) in [5, 5.41) is 13.6. The van der Waals surface area contributed by atoms with E-state index in [1.807, 2.05) is 0 Å². The maximum Gasteiger partial charge on any atom is 0.274 e. The zero-order valence-corrected chi connectivity index (χ0v) is 17.5. The molecule has 1 amide bonds. The predicted octanol–water partition coefficient (Wildman–Crippen LogP) is 3.26. The lowest BCUT2D eigenvalue weighted by molar-refractivity contribution is -0.385. The number of nitro benzene ring substituents is 1. The maximum atomic E-state index is 12.6. The minimum absolute atomic E-state index is 0.124. The molecule has 0 unspecified atom stereocenters. The Kier molecular flexibility index (Phi) is 7.17. The number of nitrogens with one attached hydrogen (secondary N) is 2. The highest BCUT2D eigenvalue weighted by molar-refractivity contribution is 7.89. The Hall–Kier alpha value is -2.69. The molecular formula is C18H20ClN3O6S. The van der Waals surface area contributed by atoms with E-state index >= 15 is 0 Å². The Labute approximate surface area is 173 Å². The molecule has 0 aliphatic heterocycles. The highest BCUT2D eigenvalue weighted by Gasteiger charge is 2.24. The first-order valence-electron chi connectivity index (χ1n) is 8.56. The molecule has 0 aliphatic carbocycles. The van der Waals surface area contributed by atoms with Gasteiger partial charge in [0, 0.05) is 6.07 Å². The molecule has 11 heteroatoms. The molecule has 0 saturated carbocycles. The Balaban J connectivity index is 2.16. The van der Waals surface area contributed by atoms with Gasteiger partial charge in [0.15, 0.2) is 0 Å². The van der Waals surface area contributed by atoms with Crippen LogP contribution in [0, 0.1) is 17.0 Å². The number of carbonyl (C=O) groups excluding carboxylic acids is 1. The van der Waals surface area contributed by atoms with Crippen molar-refractivity contribution in [2.24, 2.45) is 0 Å². The van der Waals surface area contributed by atoms with E-state index in [4.69, 9.17) is 16.3 Å². The number of hydrogen-bond acceptors (Lipinski definition) is 6. The minimum atomic E-state index is -4.04. The fraction of sp³-hybridized carbons (Fsp3) is 0.278. The van der Waals surface area contributed by atoms with Crippen molar-refractivity contribution in [1.82, 2.24) is 4.72 Å². The molecule has 156 valence electrons. The van der Waals surface area contributed by atoms with Crippen molar-refractivity contribution < 1.29 is 22.9 Å². The lowest BCUT2D eigenvalue weighted by Crippen LogP contribution is -2.41. The van der Waals surface area contributed by atoms with Crippen LogP contribution in [0.15, 0.2) is 41.3 Å². The molecule has 0 radical (unpaired) electrons. The third-order valence-electron chi connectivity index (χ3n) is 4.00. The van der Waals surface area contributed by atoms with E-state index in [1.54, 1.807) is 6.92 Å². The highest BCUT2D eigenvalue weighted by Crippen LogP contribution is 2.28. The van der Waals surface area contributed by atoms with Crippen LogP contribution in [0.5, 0.6) is 5.75 Å². The largest absolute Gasteiger partial charge is 0.492 e. The SMILES string of the molecule is CCOc1ccc(S(=O)(=O)N[C@H](C)C(=O)Nc2cccc([N+](=O)[O-])c2C)cc1Cl.